The molecule has 5 atom stereocenters. The molecular weight excluding hydrogens is 272 g/mol. The Morgan fingerprint density at radius 1 is 1.23 bits per heavy atom. The summed E-state index contributed by atoms with van der Waals surface area (Å²) in [5, 5.41) is 10.6. The van der Waals surface area contributed by atoms with Gasteiger partial charge < -0.3 is 5.11 Å². The number of phenols is 1. The van der Waals surface area contributed by atoms with Gasteiger partial charge in [-0.15, -0.1) is 0 Å². The predicted octanol–water partition coefficient (Wildman–Crippen LogP) is 4.83. The molecule has 0 amide bonds. The van der Waals surface area contributed by atoms with Crippen LogP contribution in [0.3, 0.4) is 0 Å². The number of benzene rings is 1. The van der Waals surface area contributed by atoms with Crippen LogP contribution in [0.4, 0.5) is 0 Å². The van der Waals surface area contributed by atoms with E-state index in [2.05, 4.69) is 13.0 Å². The van der Waals surface area contributed by atoms with E-state index in [1.165, 1.54) is 32.1 Å². The number of fused-ring (bicyclic) bond motifs is 1. The molecule has 0 aliphatic heterocycles. The molecule has 2 nitrogen and oxygen atoms in total. The predicted molar refractivity (Wildman–Crippen MR) is 87.3 cm³/mol. The summed E-state index contributed by atoms with van der Waals surface area (Å²) in [7, 11) is 0. The molecule has 0 radical (unpaired) electrons. The highest BCUT2D eigenvalue weighted by molar-refractivity contribution is 5.80. The van der Waals surface area contributed by atoms with Crippen LogP contribution in [0.15, 0.2) is 12.1 Å². The number of hydrogen-bond donors (Lipinski definition) is 1. The van der Waals surface area contributed by atoms with Crippen molar-refractivity contribution < 1.29 is 9.90 Å². The average molecular weight is 298 g/mol. The Hall–Kier alpha value is -1.31. The number of carbonyl (C=O) groups excluding carboxylic acids is 1. The summed E-state index contributed by atoms with van der Waals surface area (Å²) in [5.41, 5.74) is 3.24. The maximum absolute atomic E-state index is 11.2. The van der Waals surface area contributed by atoms with Gasteiger partial charge in [0.05, 0.1) is 5.56 Å². The fourth-order valence-corrected chi connectivity index (χ4v) is 5.74. The van der Waals surface area contributed by atoms with Gasteiger partial charge in [-0.1, -0.05) is 19.4 Å². The minimum Gasteiger partial charge on any atom is -0.507 e. The minimum absolute atomic E-state index is 0.244. The molecule has 3 aliphatic rings. The molecule has 22 heavy (non-hydrogen) atoms. The van der Waals surface area contributed by atoms with Crippen LogP contribution in [0.1, 0.15) is 72.9 Å². The van der Waals surface area contributed by atoms with Gasteiger partial charge in [-0.05, 0) is 85.3 Å². The Morgan fingerprint density at radius 2 is 2.05 bits per heavy atom. The van der Waals surface area contributed by atoms with E-state index in [1.54, 1.807) is 6.07 Å². The largest absolute Gasteiger partial charge is 0.507 e. The lowest BCUT2D eigenvalue weighted by atomic mass is 9.73. The summed E-state index contributed by atoms with van der Waals surface area (Å²) in [4.78, 5) is 11.2. The highest BCUT2D eigenvalue weighted by Crippen LogP contribution is 2.71. The lowest BCUT2D eigenvalue weighted by molar-refractivity contribution is 0.112. The molecule has 1 aromatic carbocycles. The van der Waals surface area contributed by atoms with Gasteiger partial charge in [-0.25, -0.2) is 0 Å². The van der Waals surface area contributed by atoms with Crippen molar-refractivity contribution in [1.82, 2.24) is 0 Å². The summed E-state index contributed by atoms with van der Waals surface area (Å²) in [6.45, 7) is 4.42. The summed E-state index contributed by atoms with van der Waals surface area (Å²) >= 11 is 0. The number of carbonyl (C=O) groups is 1. The smallest absolute Gasteiger partial charge is 0.153 e. The third kappa shape index (κ3) is 2.11. The van der Waals surface area contributed by atoms with Gasteiger partial charge in [0.25, 0.3) is 0 Å². The molecule has 118 valence electrons. The first-order valence-corrected chi connectivity index (χ1v) is 8.81. The highest BCUT2D eigenvalue weighted by Gasteiger charge is 2.61. The van der Waals surface area contributed by atoms with Gasteiger partial charge in [0.1, 0.15) is 5.75 Å². The third-order valence-electron chi connectivity index (χ3n) is 6.75. The lowest BCUT2D eigenvalue weighted by Crippen LogP contribution is -2.19. The van der Waals surface area contributed by atoms with Crippen LogP contribution in [-0.2, 0) is 0 Å². The van der Waals surface area contributed by atoms with Crippen molar-refractivity contribution in [1.29, 1.82) is 0 Å². The SMILES string of the molecule is Cc1cc(C=O)c(O)c(C2CCC(C)CC34CC2CC3C4)c1. The van der Waals surface area contributed by atoms with E-state index in [0.717, 1.165) is 35.7 Å². The van der Waals surface area contributed by atoms with E-state index >= 15 is 0 Å². The topological polar surface area (TPSA) is 37.3 Å². The fourth-order valence-electron chi connectivity index (χ4n) is 5.74. The molecule has 0 heterocycles. The van der Waals surface area contributed by atoms with E-state index in [0.29, 0.717) is 22.8 Å². The second-order valence-corrected chi connectivity index (χ2v) is 8.37. The van der Waals surface area contributed by atoms with Crippen LogP contribution in [0, 0.1) is 30.1 Å². The van der Waals surface area contributed by atoms with Crippen molar-refractivity contribution in [3.05, 3.63) is 28.8 Å². The molecule has 4 rings (SSSR count). The average Bonchev–Trinajstić information content (AvgIpc) is 3.00. The monoisotopic (exact) mass is 298 g/mol. The summed E-state index contributed by atoms with van der Waals surface area (Å²) < 4.78 is 0. The van der Waals surface area contributed by atoms with Crippen LogP contribution < -0.4 is 0 Å². The number of rotatable bonds is 2. The van der Waals surface area contributed by atoms with Gasteiger partial charge in [0, 0.05) is 0 Å². The van der Waals surface area contributed by atoms with Crippen molar-refractivity contribution in [2.75, 3.05) is 0 Å². The Bertz CT molecular complexity index is 620. The summed E-state index contributed by atoms with van der Waals surface area (Å²) in [6, 6.07) is 3.92. The zero-order chi connectivity index (χ0) is 15.5. The maximum atomic E-state index is 11.2. The zero-order valence-electron chi connectivity index (χ0n) is 13.6. The Balaban J connectivity index is 1.72. The van der Waals surface area contributed by atoms with Crippen molar-refractivity contribution >= 4 is 6.29 Å². The second kappa shape index (κ2) is 4.84. The molecule has 0 aromatic heterocycles. The Kier molecular flexibility index (Phi) is 3.15. The molecule has 1 spiro atoms. The third-order valence-corrected chi connectivity index (χ3v) is 6.75. The Labute approximate surface area is 132 Å². The molecule has 1 aromatic rings. The first-order chi connectivity index (χ1) is 10.5. The Morgan fingerprint density at radius 3 is 2.82 bits per heavy atom. The normalized spacial score (nSPS) is 39.7. The van der Waals surface area contributed by atoms with Crippen LogP contribution >= 0.6 is 0 Å². The van der Waals surface area contributed by atoms with Gasteiger partial charge in [0.15, 0.2) is 6.29 Å². The first kappa shape index (κ1) is 14.3. The highest BCUT2D eigenvalue weighted by atomic mass is 16.3. The number of hydrogen-bond acceptors (Lipinski definition) is 2. The van der Waals surface area contributed by atoms with E-state index in [1.807, 2.05) is 6.92 Å². The van der Waals surface area contributed by atoms with Crippen molar-refractivity contribution in [2.24, 2.45) is 23.2 Å². The van der Waals surface area contributed by atoms with Crippen molar-refractivity contribution in [3.8, 4) is 5.75 Å². The van der Waals surface area contributed by atoms with Crippen molar-refractivity contribution in [3.63, 3.8) is 0 Å². The molecule has 3 aliphatic carbocycles. The first-order valence-electron chi connectivity index (χ1n) is 8.81. The zero-order valence-corrected chi connectivity index (χ0v) is 13.6. The maximum Gasteiger partial charge on any atom is 0.153 e. The van der Waals surface area contributed by atoms with Gasteiger partial charge in [-0.2, -0.15) is 0 Å². The molecule has 2 bridgehead atoms. The lowest BCUT2D eigenvalue weighted by Gasteiger charge is -2.32. The summed E-state index contributed by atoms with van der Waals surface area (Å²) in [5.74, 6) is 3.13. The molecule has 5 unspecified atom stereocenters. The minimum atomic E-state index is 0.244. The number of phenolic OH excluding ortho intramolecular Hbond substituents is 1. The standard InChI is InChI=1S/C20H26O2/c1-12-3-4-17(14-7-16-10-20(16,8-12)9-14)18-6-13(2)5-15(11-21)19(18)22/h5-6,11-12,14,16-17,22H,3-4,7-10H2,1-2H3. The van der Waals surface area contributed by atoms with Crippen LogP contribution in [0.5, 0.6) is 5.75 Å². The number of aromatic hydroxyl groups is 1. The van der Waals surface area contributed by atoms with E-state index in [9.17, 15) is 9.90 Å². The van der Waals surface area contributed by atoms with Gasteiger partial charge in [0.2, 0.25) is 0 Å². The van der Waals surface area contributed by atoms with Crippen LogP contribution in [0.25, 0.3) is 0 Å². The summed E-state index contributed by atoms with van der Waals surface area (Å²) in [6.07, 6.45) is 8.74. The molecule has 3 saturated carbocycles. The van der Waals surface area contributed by atoms with E-state index in [-0.39, 0.29) is 5.75 Å². The molecule has 3 fully saturated rings. The van der Waals surface area contributed by atoms with Gasteiger partial charge in [-0.3, -0.25) is 4.79 Å². The number of aldehydes is 1. The van der Waals surface area contributed by atoms with Crippen LogP contribution in [-0.4, -0.2) is 11.4 Å². The van der Waals surface area contributed by atoms with Crippen molar-refractivity contribution in [2.45, 2.75) is 58.3 Å². The second-order valence-electron chi connectivity index (χ2n) is 8.37. The molecule has 1 N–H and O–H groups in total. The van der Waals surface area contributed by atoms with Crippen LogP contribution in [0.2, 0.25) is 0 Å². The van der Waals surface area contributed by atoms with E-state index in [4.69, 9.17) is 0 Å². The van der Waals surface area contributed by atoms with Gasteiger partial charge >= 0.3 is 0 Å². The van der Waals surface area contributed by atoms with E-state index < -0.39 is 0 Å². The molecule has 0 saturated heterocycles. The molecular formula is C20H26O2. The fraction of sp³-hybridized carbons (Fsp3) is 0.650. The number of aryl methyl sites for hydroxylation is 1. The molecule has 2 heteroatoms. The quantitative estimate of drug-likeness (QED) is 0.794.